The van der Waals surface area contributed by atoms with Crippen molar-refractivity contribution in [3.63, 3.8) is 0 Å². The van der Waals surface area contributed by atoms with Crippen LogP contribution in [0, 0.1) is 52.3 Å². The van der Waals surface area contributed by atoms with Crippen LogP contribution in [-0.2, 0) is 9.53 Å². The average molecular weight is 431 g/mol. The summed E-state index contributed by atoms with van der Waals surface area (Å²) in [6.07, 6.45) is 16.6. The van der Waals surface area contributed by atoms with Gasteiger partial charge in [0, 0.05) is 12.8 Å². The van der Waals surface area contributed by atoms with E-state index in [1.165, 1.54) is 70.6 Å². The standard InChI is InChI=1S/C29H50O2/c1-19(2)9-7-10-20(3)23-14-15-24-22-12-13-26-27(31-21(4)30)11-8-17-28(26,5)25(22)16-18-29(23,24)6/h19-20,22-27H,7-18H2,1-6H3/t20-,22+,23-,24-,25-,26+,27-,28-,29+/m1/s1. The summed E-state index contributed by atoms with van der Waals surface area (Å²) in [5, 5.41) is 0. The van der Waals surface area contributed by atoms with Gasteiger partial charge < -0.3 is 4.74 Å². The number of ether oxygens (including phenoxy) is 1. The highest BCUT2D eigenvalue weighted by molar-refractivity contribution is 5.66. The lowest BCUT2D eigenvalue weighted by atomic mass is 9.44. The third-order valence-electron chi connectivity index (χ3n) is 11.1. The second-order valence-electron chi connectivity index (χ2n) is 13.1. The van der Waals surface area contributed by atoms with Crippen molar-refractivity contribution in [2.24, 2.45) is 52.3 Å². The van der Waals surface area contributed by atoms with Gasteiger partial charge in [-0.15, -0.1) is 0 Å². The van der Waals surface area contributed by atoms with E-state index in [2.05, 4.69) is 34.6 Å². The molecule has 0 amide bonds. The summed E-state index contributed by atoms with van der Waals surface area (Å²) in [6, 6.07) is 0. The van der Waals surface area contributed by atoms with E-state index in [0.717, 1.165) is 41.9 Å². The predicted molar refractivity (Wildman–Crippen MR) is 129 cm³/mol. The molecule has 0 N–H and O–H groups in total. The van der Waals surface area contributed by atoms with Gasteiger partial charge in [0.05, 0.1) is 0 Å². The Bertz CT molecular complexity index is 641. The van der Waals surface area contributed by atoms with Gasteiger partial charge in [-0.1, -0.05) is 53.9 Å². The maximum atomic E-state index is 11.8. The molecule has 0 radical (unpaired) electrons. The maximum Gasteiger partial charge on any atom is 0.302 e. The fourth-order valence-electron chi connectivity index (χ4n) is 9.73. The third-order valence-corrected chi connectivity index (χ3v) is 11.1. The number of hydrogen-bond donors (Lipinski definition) is 0. The van der Waals surface area contributed by atoms with E-state index < -0.39 is 0 Å². The minimum absolute atomic E-state index is 0.0716. The van der Waals surface area contributed by atoms with Gasteiger partial charge in [-0.25, -0.2) is 0 Å². The highest BCUT2D eigenvalue weighted by atomic mass is 16.5. The largest absolute Gasteiger partial charge is 0.462 e. The second-order valence-corrected chi connectivity index (χ2v) is 13.1. The Kier molecular flexibility index (Phi) is 6.87. The van der Waals surface area contributed by atoms with Gasteiger partial charge in [-0.2, -0.15) is 0 Å². The van der Waals surface area contributed by atoms with Crippen molar-refractivity contribution >= 4 is 5.97 Å². The van der Waals surface area contributed by atoms with Crippen LogP contribution in [0.25, 0.3) is 0 Å². The summed E-state index contributed by atoms with van der Waals surface area (Å²) in [6.45, 7) is 14.2. The van der Waals surface area contributed by atoms with Crippen molar-refractivity contribution in [3.8, 4) is 0 Å². The Balaban J connectivity index is 1.47. The van der Waals surface area contributed by atoms with Crippen LogP contribution in [-0.4, -0.2) is 12.1 Å². The lowest BCUT2D eigenvalue weighted by Gasteiger charge is -2.61. The van der Waals surface area contributed by atoms with Crippen molar-refractivity contribution in [2.75, 3.05) is 0 Å². The normalized spacial score (nSPS) is 45.5. The first kappa shape index (κ1) is 23.6. The van der Waals surface area contributed by atoms with Crippen molar-refractivity contribution in [1.29, 1.82) is 0 Å². The van der Waals surface area contributed by atoms with Crippen molar-refractivity contribution in [1.82, 2.24) is 0 Å². The molecule has 0 aromatic heterocycles. The molecule has 4 saturated carbocycles. The zero-order chi connectivity index (χ0) is 22.4. The molecular weight excluding hydrogens is 380 g/mol. The van der Waals surface area contributed by atoms with E-state index in [1.807, 2.05) is 0 Å². The first-order valence-electron chi connectivity index (χ1n) is 13.8. The highest BCUT2D eigenvalue weighted by Gasteiger charge is 2.61. The SMILES string of the molecule is CC(=O)O[C@@H]1CCC[C@]2(C)[C@@H]3CC[C@]4(C)[C@H](CC[C@@H]4[C@H](C)CCCC(C)C)[C@@H]3CC[C@@H]12. The number of carbonyl (C=O) groups excluding carboxylic acids is 1. The molecule has 0 spiro atoms. The smallest absolute Gasteiger partial charge is 0.302 e. The van der Waals surface area contributed by atoms with Gasteiger partial charge in [0.1, 0.15) is 6.10 Å². The average Bonchev–Trinajstić information content (AvgIpc) is 3.04. The molecule has 2 heteroatoms. The summed E-state index contributed by atoms with van der Waals surface area (Å²) < 4.78 is 5.88. The molecule has 0 aliphatic heterocycles. The predicted octanol–water partition coefficient (Wildman–Crippen LogP) is 8.04. The van der Waals surface area contributed by atoms with E-state index in [4.69, 9.17) is 4.74 Å². The Labute approximate surface area is 192 Å². The Morgan fingerprint density at radius 1 is 0.871 bits per heavy atom. The molecule has 178 valence electrons. The summed E-state index contributed by atoms with van der Waals surface area (Å²) >= 11 is 0. The van der Waals surface area contributed by atoms with Gasteiger partial charge in [0.2, 0.25) is 0 Å². The molecule has 0 saturated heterocycles. The Morgan fingerprint density at radius 2 is 1.58 bits per heavy atom. The van der Waals surface area contributed by atoms with Crippen molar-refractivity contribution in [3.05, 3.63) is 0 Å². The molecular formula is C29H50O2. The molecule has 0 aromatic rings. The van der Waals surface area contributed by atoms with E-state index in [-0.39, 0.29) is 12.1 Å². The van der Waals surface area contributed by atoms with Gasteiger partial charge in [0.15, 0.2) is 0 Å². The number of esters is 1. The second kappa shape index (κ2) is 9.02. The molecule has 31 heavy (non-hydrogen) atoms. The summed E-state index contributed by atoms with van der Waals surface area (Å²) in [4.78, 5) is 11.8. The van der Waals surface area contributed by atoms with Gasteiger partial charge in [-0.05, 0) is 104 Å². The maximum absolute atomic E-state index is 11.8. The van der Waals surface area contributed by atoms with Gasteiger partial charge in [-0.3, -0.25) is 4.79 Å². The zero-order valence-corrected chi connectivity index (χ0v) is 21.4. The summed E-state index contributed by atoms with van der Waals surface area (Å²) in [5.41, 5.74) is 0.967. The molecule has 0 heterocycles. The summed E-state index contributed by atoms with van der Waals surface area (Å²) in [7, 11) is 0. The lowest BCUT2D eigenvalue weighted by Crippen LogP contribution is -2.56. The van der Waals surface area contributed by atoms with Crippen LogP contribution < -0.4 is 0 Å². The number of rotatable bonds is 6. The van der Waals surface area contributed by atoms with Gasteiger partial charge in [0.25, 0.3) is 0 Å². The first-order chi connectivity index (χ1) is 14.7. The van der Waals surface area contributed by atoms with E-state index in [0.29, 0.717) is 16.7 Å². The van der Waals surface area contributed by atoms with Crippen molar-refractivity contribution < 1.29 is 9.53 Å². The van der Waals surface area contributed by atoms with Crippen LogP contribution in [0.4, 0.5) is 0 Å². The number of hydrogen-bond acceptors (Lipinski definition) is 2. The Hall–Kier alpha value is -0.530. The summed E-state index contributed by atoms with van der Waals surface area (Å²) in [5.74, 6) is 5.92. The van der Waals surface area contributed by atoms with Crippen LogP contribution in [0.5, 0.6) is 0 Å². The van der Waals surface area contributed by atoms with Crippen molar-refractivity contribution in [2.45, 2.75) is 125 Å². The zero-order valence-electron chi connectivity index (χ0n) is 21.4. The van der Waals surface area contributed by atoms with Crippen LogP contribution in [0.3, 0.4) is 0 Å². The molecule has 4 aliphatic rings. The first-order valence-corrected chi connectivity index (χ1v) is 13.8. The van der Waals surface area contributed by atoms with Crippen LogP contribution in [0.2, 0.25) is 0 Å². The molecule has 4 rings (SSSR count). The minimum Gasteiger partial charge on any atom is -0.462 e. The Morgan fingerprint density at radius 3 is 2.29 bits per heavy atom. The molecule has 4 fully saturated rings. The lowest BCUT2D eigenvalue weighted by molar-refractivity contribution is -0.174. The molecule has 0 unspecified atom stereocenters. The topological polar surface area (TPSA) is 26.3 Å². The minimum atomic E-state index is -0.0716. The van der Waals surface area contributed by atoms with Crippen LogP contribution in [0.1, 0.15) is 119 Å². The quantitative estimate of drug-likeness (QED) is 0.398. The van der Waals surface area contributed by atoms with E-state index >= 15 is 0 Å². The number of carbonyl (C=O) groups is 1. The molecule has 9 atom stereocenters. The van der Waals surface area contributed by atoms with E-state index in [1.54, 1.807) is 6.92 Å². The monoisotopic (exact) mass is 430 g/mol. The fourth-order valence-corrected chi connectivity index (χ4v) is 9.73. The molecule has 2 nitrogen and oxygen atoms in total. The molecule has 0 aromatic carbocycles. The number of fused-ring (bicyclic) bond motifs is 5. The van der Waals surface area contributed by atoms with E-state index in [9.17, 15) is 4.79 Å². The third kappa shape index (κ3) is 4.23. The molecule has 4 aliphatic carbocycles. The molecule has 0 bridgehead atoms. The van der Waals surface area contributed by atoms with Crippen LogP contribution >= 0.6 is 0 Å². The highest BCUT2D eigenvalue weighted by Crippen LogP contribution is 2.68. The fraction of sp³-hybridized carbons (Fsp3) is 0.966. The van der Waals surface area contributed by atoms with Crippen LogP contribution in [0.15, 0.2) is 0 Å². The van der Waals surface area contributed by atoms with Gasteiger partial charge >= 0.3 is 5.97 Å².